The van der Waals surface area contributed by atoms with Gasteiger partial charge in [-0.1, -0.05) is 0 Å². The van der Waals surface area contributed by atoms with Crippen LogP contribution in [0.2, 0.25) is 0 Å². The third-order valence-electron chi connectivity index (χ3n) is 4.82. The van der Waals surface area contributed by atoms with E-state index in [-0.39, 0.29) is 11.5 Å². The van der Waals surface area contributed by atoms with Crippen molar-refractivity contribution in [2.24, 2.45) is 0 Å². The Kier molecular flexibility index (Phi) is 4.60. The number of nitrogens with zero attached hydrogens (tertiary/aromatic N) is 3. The molecule has 1 aliphatic rings. The van der Waals surface area contributed by atoms with Gasteiger partial charge in [-0.15, -0.1) is 0 Å². The molecule has 0 bridgehead atoms. The van der Waals surface area contributed by atoms with Gasteiger partial charge in [-0.2, -0.15) is 0 Å². The molecule has 2 aromatic heterocycles. The Morgan fingerprint density at radius 3 is 2.48 bits per heavy atom. The first kappa shape index (κ1) is 17.2. The highest BCUT2D eigenvalue weighted by molar-refractivity contribution is 6.01. The molecule has 4 rings (SSSR count). The van der Waals surface area contributed by atoms with Gasteiger partial charge in [0.05, 0.1) is 6.54 Å². The number of hydrogen-bond acceptors (Lipinski definition) is 6. The predicted octanol–water partition coefficient (Wildman–Crippen LogP) is 2.53. The third kappa shape index (κ3) is 3.68. The molecular formula is C20H19N3O4. The minimum atomic E-state index is -1.12. The monoisotopic (exact) mass is 365 g/mol. The molecule has 7 nitrogen and oxygen atoms in total. The van der Waals surface area contributed by atoms with Gasteiger partial charge in [0.15, 0.2) is 5.78 Å². The number of pyridine rings is 1. The van der Waals surface area contributed by atoms with E-state index in [9.17, 15) is 9.59 Å². The van der Waals surface area contributed by atoms with Crippen molar-refractivity contribution in [2.75, 3.05) is 37.6 Å². The molecule has 0 saturated carbocycles. The molecule has 1 saturated heterocycles. The van der Waals surface area contributed by atoms with Gasteiger partial charge >= 0.3 is 5.97 Å². The molecule has 7 heteroatoms. The molecule has 0 radical (unpaired) electrons. The molecule has 1 fully saturated rings. The summed E-state index contributed by atoms with van der Waals surface area (Å²) in [5.41, 5.74) is 2.18. The van der Waals surface area contributed by atoms with E-state index in [0.717, 1.165) is 31.9 Å². The van der Waals surface area contributed by atoms with Gasteiger partial charge in [-0.25, -0.2) is 4.79 Å². The molecular weight excluding hydrogens is 346 g/mol. The average molecular weight is 365 g/mol. The number of carboxylic acids is 1. The number of anilines is 1. The second-order valence-electron chi connectivity index (χ2n) is 6.56. The van der Waals surface area contributed by atoms with E-state index < -0.39 is 5.97 Å². The average Bonchev–Trinajstić information content (AvgIpc) is 3.13. The van der Waals surface area contributed by atoms with Crippen LogP contribution in [-0.4, -0.2) is 59.5 Å². The number of fused-ring (bicyclic) bond motifs is 1. The lowest BCUT2D eigenvalue weighted by molar-refractivity contribution is 0.0664. The summed E-state index contributed by atoms with van der Waals surface area (Å²) in [7, 11) is 0. The van der Waals surface area contributed by atoms with Crippen molar-refractivity contribution >= 4 is 28.4 Å². The Bertz CT molecular complexity index is 975. The molecule has 0 spiro atoms. The Morgan fingerprint density at radius 1 is 1.04 bits per heavy atom. The lowest BCUT2D eigenvalue weighted by Crippen LogP contribution is -2.48. The zero-order valence-corrected chi connectivity index (χ0v) is 14.7. The fourth-order valence-electron chi connectivity index (χ4n) is 3.34. The maximum Gasteiger partial charge on any atom is 0.371 e. The minimum Gasteiger partial charge on any atom is -0.475 e. The Balaban J connectivity index is 1.39. The SMILES string of the molecule is O=C(CN1CCN(c2ccncc2)CC1)c1ccc2oc(C(=O)O)cc2c1. The van der Waals surface area contributed by atoms with Gasteiger partial charge in [0.2, 0.25) is 5.76 Å². The number of rotatable bonds is 5. The van der Waals surface area contributed by atoms with Crippen LogP contribution in [0.25, 0.3) is 11.0 Å². The summed E-state index contributed by atoms with van der Waals surface area (Å²) in [6.07, 6.45) is 3.57. The van der Waals surface area contributed by atoms with Crippen molar-refractivity contribution < 1.29 is 19.1 Å². The smallest absolute Gasteiger partial charge is 0.371 e. The van der Waals surface area contributed by atoms with Crippen LogP contribution in [0.5, 0.6) is 0 Å². The van der Waals surface area contributed by atoms with Crippen molar-refractivity contribution in [2.45, 2.75) is 0 Å². The van der Waals surface area contributed by atoms with E-state index in [2.05, 4.69) is 14.8 Å². The summed E-state index contributed by atoms with van der Waals surface area (Å²) >= 11 is 0. The topological polar surface area (TPSA) is 86.9 Å². The maximum atomic E-state index is 12.6. The first-order valence-electron chi connectivity index (χ1n) is 8.77. The number of carboxylic acid groups (broad SMARTS) is 1. The second-order valence-corrected chi connectivity index (χ2v) is 6.56. The van der Waals surface area contributed by atoms with E-state index in [4.69, 9.17) is 9.52 Å². The number of furan rings is 1. The lowest BCUT2D eigenvalue weighted by atomic mass is 10.1. The predicted molar refractivity (Wildman–Crippen MR) is 100 cm³/mol. The van der Waals surface area contributed by atoms with Crippen molar-refractivity contribution in [3.05, 3.63) is 60.1 Å². The molecule has 1 aromatic carbocycles. The van der Waals surface area contributed by atoms with Crippen molar-refractivity contribution in [3.63, 3.8) is 0 Å². The van der Waals surface area contributed by atoms with Gasteiger partial charge < -0.3 is 14.4 Å². The maximum absolute atomic E-state index is 12.6. The molecule has 1 N–H and O–H groups in total. The first-order chi connectivity index (χ1) is 13.1. The molecule has 0 amide bonds. The summed E-state index contributed by atoms with van der Waals surface area (Å²) in [5.74, 6) is -1.22. The second kappa shape index (κ2) is 7.20. The third-order valence-corrected chi connectivity index (χ3v) is 4.82. The highest BCUT2D eigenvalue weighted by Gasteiger charge is 2.20. The molecule has 3 heterocycles. The number of aromatic carboxylic acids is 1. The Labute approximate surface area is 155 Å². The van der Waals surface area contributed by atoms with E-state index in [1.807, 2.05) is 12.1 Å². The van der Waals surface area contributed by atoms with Crippen LogP contribution >= 0.6 is 0 Å². The normalized spacial score (nSPS) is 15.2. The van der Waals surface area contributed by atoms with Crippen LogP contribution < -0.4 is 4.90 Å². The van der Waals surface area contributed by atoms with E-state index >= 15 is 0 Å². The zero-order valence-electron chi connectivity index (χ0n) is 14.7. The molecule has 0 unspecified atom stereocenters. The Morgan fingerprint density at radius 2 is 1.78 bits per heavy atom. The molecule has 1 aliphatic heterocycles. The molecule has 27 heavy (non-hydrogen) atoms. The Hall–Kier alpha value is -3.19. The van der Waals surface area contributed by atoms with E-state index in [0.29, 0.717) is 23.1 Å². The van der Waals surface area contributed by atoms with E-state index in [1.165, 1.54) is 6.07 Å². The van der Waals surface area contributed by atoms with Crippen molar-refractivity contribution in [1.82, 2.24) is 9.88 Å². The standard InChI is InChI=1S/C20H19N3O4/c24-17(14-1-2-18-15(11-14)12-19(27-18)20(25)26)13-22-7-9-23(10-8-22)16-3-5-21-6-4-16/h1-6,11-12H,7-10,13H2,(H,25,26). The molecule has 0 atom stereocenters. The summed E-state index contributed by atoms with van der Waals surface area (Å²) in [5, 5.41) is 9.64. The number of benzene rings is 1. The van der Waals surface area contributed by atoms with Gasteiger partial charge in [-0.3, -0.25) is 14.7 Å². The highest BCUT2D eigenvalue weighted by Crippen LogP contribution is 2.21. The molecule has 3 aromatic rings. The molecule has 0 aliphatic carbocycles. The van der Waals surface area contributed by atoms with Gasteiger partial charge in [0, 0.05) is 55.2 Å². The van der Waals surface area contributed by atoms with Crippen molar-refractivity contribution in [3.8, 4) is 0 Å². The van der Waals surface area contributed by atoms with Crippen LogP contribution in [0.3, 0.4) is 0 Å². The number of hydrogen-bond donors (Lipinski definition) is 1. The number of carbonyl (C=O) groups excluding carboxylic acids is 1. The van der Waals surface area contributed by atoms with Crippen LogP contribution in [0.1, 0.15) is 20.9 Å². The van der Waals surface area contributed by atoms with Gasteiger partial charge in [0.25, 0.3) is 0 Å². The number of Topliss-reactive ketones (excluding diaryl/α,β-unsaturated/α-hetero) is 1. The van der Waals surface area contributed by atoms with Crippen LogP contribution in [0.15, 0.2) is 53.2 Å². The van der Waals surface area contributed by atoms with Gasteiger partial charge in [-0.05, 0) is 36.4 Å². The van der Waals surface area contributed by atoms with Gasteiger partial charge in [0.1, 0.15) is 5.58 Å². The molecule has 138 valence electrons. The van der Waals surface area contributed by atoms with Crippen molar-refractivity contribution in [1.29, 1.82) is 0 Å². The number of piperazine rings is 1. The number of aromatic nitrogens is 1. The summed E-state index contributed by atoms with van der Waals surface area (Å²) in [6.45, 7) is 3.69. The summed E-state index contributed by atoms with van der Waals surface area (Å²) in [6, 6.07) is 10.5. The fourth-order valence-corrected chi connectivity index (χ4v) is 3.34. The fraction of sp³-hybridized carbons (Fsp3) is 0.250. The first-order valence-corrected chi connectivity index (χ1v) is 8.77. The number of carbonyl (C=O) groups is 2. The van der Waals surface area contributed by atoms with Crippen LogP contribution in [-0.2, 0) is 0 Å². The minimum absolute atomic E-state index is 0.0207. The summed E-state index contributed by atoms with van der Waals surface area (Å²) < 4.78 is 5.24. The zero-order chi connectivity index (χ0) is 18.8. The quantitative estimate of drug-likeness (QED) is 0.695. The van der Waals surface area contributed by atoms with Crippen LogP contribution in [0.4, 0.5) is 5.69 Å². The number of ketones is 1. The summed E-state index contributed by atoms with van der Waals surface area (Å²) in [4.78, 5) is 32.1. The largest absolute Gasteiger partial charge is 0.475 e. The lowest BCUT2D eigenvalue weighted by Gasteiger charge is -2.35. The van der Waals surface area contributed by atoms with Crippen LogP contribution in [0, 0.1) is 0 Å². The van der Waals surface area contributed by atoms with E-state index in [1.54, 1.807) is 30.6 Å². The highest BCUT2D eigenvalue weighted by atomic mass is 16.4.